The molecule has 2 aliphatic heterocycles. The molecule has 0 saturated carbocycles. The summed E-state index contributed by atoms with van der Waals surface area (Å²) in [5, 5.41) is 17.7. The quantitative estimate of drug-likeness (QED) is 0.296. The molecule has 0 aliphatic carbocycles. The number of hydrogen-bond acceptors (Lipinski definition) is 10. The van der Waals surface area contributed by atoms with Crippen molar-refractivity contribution in [1.29, 1.82) is 0 Å². The van der Waals surface area contributed by atoms with Crippen LogP contribution >= 0.6 is 11.6 Å². The van der Waals surface area contributed by atoms with Crippen LogP contribution in [0.15, 0.2) is 34.9 Å². The minimum absolute atomic E-state index is 0.144. The summed E-state index contributed by atoms with van der Waals surface area (Å²) in [6.07, 6.45) is 0.573. The van der Waals surface area contributed by atoms with Crippen molar-refractivity contribution in [2.75, 3.05) is 43.1 Å². The lowest BCUT2D eigenvalue weighted by molar-refractivity contribution is 0.108. The Labute approximate surface area is 244 Å². The number of benzene rings is 1. The van der Waals surface area contributed by atoms with Gasteiger partial charge < -0.3 is 29.5 Å². The van der Waals surface area contributed by atoms with E-state index in [1.807, 2.05) is 26.8 Å². The van der Waals surface area contributed by atoms with Crippen LogP contribution in [0.25, 0.3) is 22.6 Å². The molecular formula is C30H34ClN7O3. The molecule has 0 spiro atoms. The molecule has 6 rings (SSSR count). The van der Waals surface area contributed by atoms with Crippen LogP contribution in [0, 0.1) is 20.8 Å². The lowest BCUT2D eigenvalue weighted by atomic mass is 10.0. The zero-order valence-electron chi connectivity index (χ0n) is 23.7. The molecule has 0 amide bonds. The molecule has 0 bridgehead atoms. The highest BCUT2D eigenvalue weighted by Gasteiger charge is 2.29. The predicted molar refractivity (Wildman–Crippen MR) is 159 cm³/mol. The van der Waals surface area contributed by atoms with E-state index in [2.05, 4.69) is 32.4 Å². The molecule has 2 aliphatic rings. The van der Waals surface area contributed by atoms with Gasteiger partial charge in [0.05, 0.1) is 34.2 Å². The van der Waals surface area contributed by atoms with Crippen molar-refractivity contribution in [2.24, 2.45) is 0 Å². The average Bonchev–Trinajstić information content (AvgIpc) is 3.49. The molecule has 11 heteroatoms. The smallest absolute Gasteiger partial charge is 0.163 e. The summed E-state index contributed by atoms with van der Waals surface area (Å²) < 4.78 is 11.4. The Hall–Kier alpha value is -3.73. The number of fused-ring (bicyclic) bond motifs is 1. The number of likely N-dealkylation sites (N-methyl/N-ethyl adjacent to an activating group) is 1. The Morgan fingerprint density at radius 2 is 1.90 bits per heavy atom. The zero-order chi connectivity index (χ0) is 28.7. The molecule has 2 N–H and O–H groups in total. The number of halogens is 1. The molecule has 10 nitrogen and oxygen atoms in total. The monoisotopic (exact) mass is 575 g/mol. The summed E-state index contributed by atoms with van der Waals surface area (Å²) in [6.45, 7) is 9.87. The molecule has 1 fully saturated rings. The van der Waals surface area contributed by atoms with Crippen molar-refractivity contribution in [1.82, 2.24) is 25.4 Å². The van der Waals surface area contributed by atoms with E-state index < -0.39 is 6.10 Å². The third kappa shape index (κ3) is 5.35. The van der Waals surface area contributed by atoms with Gasteiger partial charge in [0, 0.05) is 37.3 Å². The molecule has 1 aromatic carbocycles. The number of hydrogen-bond donors (Lipinski definition) is 2. The number of aliphatic hydroxyl groups is 1. The maximum absolute atomic E-state index is 10.1. The Kier molecular flexibility index (Phi) is 7.54. The fourth-order valence-corrected chi connectivity index (χ4v) is 5.57. The van der Waals surface area contributed by atoms with Gasteiger partial charge in [0.25, 0.3) is 0 Å². The van der Waals surface area contributed by atoms with Crippen molar-refractivity contribution in [2.45, 2.75) is 46.4 Å². The lowest BCUT2D eigenvalue weighted by Gasteiger charge is -2.32. The number of nitrogens with zero attached hydrogens (tertiary/aromatic N) is 6. The van der Waals surface area contributed by atoms with Crippen molar-refractivity contribution in [3.8, 4) is 28.4 Å². The van der Waals surface area contributed by atoms with Crippen molar-refractivity contribution in [3.05, 3.63) is 63.6 Å². The number of rotatable bonds is 9. The fraction of sp³-hybridized carbons (Fsp3) is 0.400. The van der Waals surface area contributed by atoms with Gasteiger partial charge in [-0.2, -0.15) is 0 Å². The van der Waals surface area contributed by atoms with Gasteiger partial charge in [-0.05, 0) is 64.1 Å². The summed E-state index contributed by atoms with van der Waals surface area (Å²) in [4.78, 5) is 19.6. The van der Waals surface area contributed by atoms with E-state index in [0.29, 0.717) is 47.6 Å². The Morgan fingerprint density at radius 3 is 2.61 bits per heavy atom. The van der Waals surface area contributed by atoms with E-state index in [-0.39, 0.29) is 6.61 Å². The molecular weight excluding hydrogens is 542 g/mol. The Morgan fingerprint density at radius 1 is 1.07 bits per heavy atom. The number of aliphatic hydroxyl groups excluding tert-OH is 1. The van der Waals surface area contributed by atoms with Crippen LogP contribution in [0.2, 0.25) is 5.02 Å². The van der Waals surface area contributed by atoms with Gasteiger partial charge in [-0.25, -0.2) is 15.0 Å². The van der Waals surface area contributed by atoms with Gasteiger partial charge in [-0.3, -0.25) is 0 Å². The second-order valence-corrected chi connectivity index (χ2v) is 11.1. The minimum Gasteiger partial charge on any atom is -0.491 e. The van der Waals surface area contributed by atoms with E-state index >= 15 is 0 Å². The number of aromatic nitrogens is 4. The van der Waals surface area contributed by atoms with Crippen LogP contribution in [0.1, 0.15) is 34.7 Å². The summed E-state index contributed by atoms with van der Waals surface area (Å²) in [5.74, 6) is 3.57. The molecule has 0 unspecified atom stereocenters. The van der Waals surface area contributed by atoms with Crippen LogP contribution < -0.4 is 19.9 Å². The van der Waals surface area contributed by atoms with Gasteiger partial charge in [-0.15, -0.1) is 0 Å². The van der Waals surface area contributed by atoms with E-state index in [1.165, 1.54) is 12.0 Å². The molecule has 1 atom stereocenters. The van der Waals surface area contributed by atoms with Gasteiger partial charge in [0.2, 0.25) is 0 Å². The Bertz CT molecular complexity index is 1570. The zero-order valence-corrected chi connectivity index (χ0v) is 24.5. The number of ether oxygens (including phenoxy) is 1. The van der Waals surface area contributed by atoms with Crippen LogP contribution in [-0.2, 0) is 13.1 Å². The molecule has 0 radical (unpaired) electrons. The van der Waals surface area contributed by atoms with Crippen LogP contribution in [0.3, 0.4) is 0 Å². The third-order valence-electron chi connectivity index (χ3n) is 7.69. The lowest BCUT2D eigenvalue weighted by Crippen LogP contribution is -2.37. The molecule has 214 valence electrons. The predicted octanol–water partition coefficient (Wildman–Crippen LogP) is 4.46. The van der Waals surface area contributed by atoms with Crippen LogP contribution in [0.4, 0.5) is 11.6 Å². The summed E-state index contributed by atoms with van der Waals surface area (Å²) in [6, 6.07) is 9.67. The third-order valence-corrected chi connectivity index (χ3v) is 8.02. The first-order chi connectivity index (χ1) is 19.8. The summed E-state index contributed by atoms with van der Waals surface area (Å²) in [7, 11) is 1.78. The largest absolute Gasteiger partial charge is 0.491 e. The van der Waals surface area contributed by atoms with Crippen LogP contribution in [0.5, 0.6) is 5.75 Å². The molecule has 5 heterocycles. The van der Waals surface area contributed by atoms with Gasteiger partial charge in [0.15, 0.2) is 5.82 Å². The summed E-state index contributed by atoms with van der Waals surface area (Å²) in [5.41, 5.74) is 6.18. The fourth-order valence-electron chi connectivity index (χ4n) is 5.36. The highest BCUT2D eigenvalue weighted by atomic mass is 35.5. The number of pyridine rings is 1. The van der Waals surface area contributed by atoms with E-state index in [0.717, 1.165) is 52.9 Å². The number of aryl methyl sites for hydroxylation is 2. The van der Waals surface area contributed by atoms with Gasteiger partial charge in [0.1, 0.15) is 35.9 Å². The van der Waals surface area contributed by atoms with Crippen molar-refractivity contribution in [3.63, 3.8) is 0 Å². The topological polar surface area (TPSA) is 113 Å². The minimum atomic E-state index is -0.639. The van der Waals surface area contributed by atoms with Gasteiger partial charge in [-0.1, -0.05) is 22.8 Å². The average molecular weight is 576 g/mol. The highest BCUT2D eigenvalue weighted by molar-refractivity contribution is 6.33. The normalized spacial score (nSPS) is 15.2. The van der Waals surface area contributed by atoms with E-state index in [1.54, 1.807) is 19.2 Å². The second kappa shape index (κ2) is 11.3. The SMILES string of the molecule is CNC[C@@H](O)COc1ccc(Cl)c(-c2nc(-c3c(C)noc3C)c(C)c(N3Cc4ccc(N5CCC5)nc4C3)n2)c1. The summed E-state index contributed by atoms with van der Waals surface area (Å²) >= 11 is 6.72. The number of anilines is 2. The first-order valence-corrected chi connectivity index (χ1v) is 14.3. The first-order valence-electron chi connectivity index (χ1n) is 13.9. The van der Waals surface area contributed by atoms with E-state index in [9.17, 15) is 5.11 Å². The number of nitrogens with one attached hydrogen (secondary N) is 1. The van der Waals surface area contributed by atoms with Crippen LogP contribution in [-0.4, -0.2) is 64.6 Å². The highest BCUT2D eigenvalue weighted by Crippen LogP contribution is 2.39. The molecule has 41 heavy (non-hydrogen) atoms. The Balaban J connectivity index is 1.40. The van der Waals surface area contributed by atoms with Crippen molar-refractivity contribution >= 4 is 23.2 Å². The van der Waals surface area contributed by atoms with E-state index in [4.69, 9.17) is 35.8 Å². The molecule has 3 aromatic heterocycles. The van der Waals surface area contributed by atoms with Gasteiger partial charge >= 0.3 is 0 Å². The molecule has 1 saturated heterocycles. The standard InChI is InChI=1S/C30H34ClN7O3/c1-17-28(27-18(2)36-41-19(27)3)34-29(23-12-22(7-8-24(23)31)40-16-21(39)13-32-4)35-30(17)38-14-20-6-9-26(33-25(20)15-38)37-10-5-11-37/h6-9,12,21,32,39H,5,10-11,13-16H2,1-4H3/t21-/m1/s1. The maximum atomic E-state index is 10.1. The maximum Gasteiger partial charge on any atom is 0.163 e. The molecule has 4 aromatic rings. The first kappa shape index (κ1) is 27.4. The van der Waals surface area contributed by atoms with Crippen molar-refractivity contribution < 1.29 is 14.4 Å². The second-order valence-electron chi connectivity index (χ2n) is 10.7.